The van der Waals surface area contributed by atoms with E-state index in [4.69, 9.17) is 0 Å². The first-order chi connectivity index (χ1) is 14.3. The molecular formula is C21H21F3N4OS. The zero-order chi connectivity index (χ0) is 21.3. The Bertz CT molecular complexity index is 1060. The Labute approximate surface area is 176 Å². The van der Waals surface area contributed by atoms with Gasteiger partial charge in [0.15, 0.2) is 5.16 Å². The molecule has 1 aliphatic rings. The molecule has 4 rings (SSSR count). The van der Waals surface area contributed by atoms with Gasteiger partial charge in [-0.2, -0.15) is 13.2 Å². The molecule has 1 amide bonds. The number of alkyl halides is 3. The molecule has 1 aliphatic heterocycles. The Morgan fingerprint density at radius 2 is 1.90 bits per heavy atom. The Morgan fingerprint density at radius 1 is 1.13 bits per heavy atom. The molecule has 1 aromatic heterocycles. The van der Waals surface area contributed by atoms with E-state index in [1.54, 1.807) is 11.0 Å². The zero-order valence-corrected chi connectivity index (χ0v) is 17.2. The van der Waals surface area contributed by atoms with Crippen LogP contribution in [-0.2, 0) is 11.0 Å². The minimum atomic E-state index is -4.36. The molecule has 1 fully saturated rings. The number of aromatic nitrogens is 2. The van der Waals surface area contributed by atoms with E-state index in [0.717, 1.165) is 28.7 Å². The number of halogens is 3. The average Bonchev–Trinajstić information content (AvgIpc) is 3.13. The lowest BCUT2D eigenvalue weighted by Crippen LogP contribution is -2.49. The first-order valence-electron chi connectivity index (χ1n) is 9.59. The van der Waals surface area contributed by atoms with Crippen LogP contribution in [0.3, 0.4) is 0 Å². The van der Waals surface area contributed by atoms with Gasteiger partial charge in [-0.1, -0.05) is 23.9 Å². The largest absolute Gasteiger partial charge is 0.416 e. The Morgan fingerprint density at radius 3 is 2.63 bits per heavy atom. The van der Waals surface area contributed by atoms with E-state index >= 15 is 0 Å². The van der Waals surface area contributed by atoms with Crippen LogP contribution in [0, 0.1) is 6.92 Å². The number of fused-ring (bicyclic) bond motifs is 1. The van der Waals surface area contributed by atoms with Crippen molar-refractivity contribution in [2.45, 2.75) is 18.3 Å². The summed E-state index contributed by atoms with van der Waals surface area (Å²) in [6.45, 7) is 3.98. The fraction of sp³-hybridized carbons (Fsp3) is 0.333. The summed E-state index contributed by atoms with van der Waals surface area (Å²) in [6.07, 6.45) is -4.36. The number of carbonyl (C=O) groups is 1. The van der Waals surface area contributed by atoms with Gasteiger partial charge in [-0.25, -0.2) is 4.98 Å². The number of hydrogen-bond donors (Lipinski definition) is 1. The van der Waals surface area contributed by atoms with Gasteiger partial charge >= 0.3 is 6.18 Å². The van der Waals surface area contributed by atoms with Crippen LogP contribution < -0.4 is 4.90 Å². The summed E-state index contributed by atoms with van der Waals surface area (Å²) in [5, 5.41) is 0.701. The SMILES string of the molecule is Cc1ccc2nc(SCC(=O)N3CCN(c4cccc(C(F)(F)F)c4)CC3)[nH]c2c1. The van der Waals surface area contributed by atoms with Crippen LogP contribution in [0.25, 0.3) is 11.0 Å². The minimum Gasteiger partial charge on any atom is -0.368 e. The van der Waals surface area contributed by atoms with Gasteiger partial charge in [0.05, 0.1) is 22.3 Å². The first-order valence-corrected chi connectivity index (χ1v) is 10.6. The average molecular weight is 434 g/mol. The number of anilines is 1. The molecule has 1 saturated heterocycles. The Kier molecular flexibility index (Phi) is 5.64. The highest BCUT2D eigenvalue weighted by Crippen LogP contribution is 2.32. The second-order valence-electron chi connectivity index (χ2n) is 7.27. The van der Waals surface area contributed by atoms with Crippen molar-refractivity contribution in [3.63, 3.8) is 0 Å². The lowest BCUT2D eigenvalue weighted by atomic mass is 10.1. The second kappa shape index (κ2) is 8.22. The molecule has 30 heavy (non-hydrogen) atoms. The maximum atomic E-state index is 12.9. The van der Waals surface area contributed by atoms with Gasteiger partial charge in [-0.05, 0) is 42.8 Å². The molecule has 1 N–H and O–H groups in total. The number of hydrogen-bond acceptors (Lipinski definition) is 4. The summed E-state index contributed by atoms with van der Waals surface area (Å²) in [5.41, 5.74) is 2.82. The highest BCUT2D eigenvalue weighted by molar-refractivity contribution is 7.99. The number of nitrogens with one attached hydrogen (secondary N) is 1. The molecule has 0 bridgehead atoms. The number of imidazole rings is 1. The van der Waals surface area contributed by atoms with E-state index < -0.39 is 11.7 Å². The number of amides is 1. The third kappa shape index (κ3) is 4.56. The van der Waals surface area contributed by atoms with E-state index in [9.17, 15) is 18.0 Å². The molecule has 0 saturated carbocycles. The number of aromatic amines is 1. The molecule has 2 aromatic carbocycles. The van der Waals surface area contributed by atoms with Crippen LogP contribution in [0.15, 0.2) is 47.6 Å². The lowest BCUT2D eigenvalue weighted by molar-refractivity contribution is -0.137. The van der Waals surface area contributed by atoms with E-state index in [-0.39, 0.29) is 11.7 Å². The van der Waals surface area contributed by atoms with Gasteiger partial charge in [0.2, 0.25) is 5.91 Å². The van der Waals surface area contributed by atoms with Crippen molar-refractivity contribution in [2.24, 2.45) is 0 Å². The summed E-state index contributed by atoms with van der Waals surface area (Å²) in [7, 11) is 0. The summed E-state index contributed by atoms with van der Waals surface area (Å²) >= 11 is 1.36. The lowest BCUT2D eigenvalue weighted by Gasteiger charge is -2.36. The zero-order valence-electron chi connectivity index (χ0n) is 16.4. The molecule has 3 aromatic rings. The highest BCUT2D eigenvalue weighted by Gasteiger charge is 2.31. The fourth-order valence-corrected chi connectivity index (χ4v) is 4.27. The van der Waals surface area contributed by atoms with Gasteiger partial charge in [0.25, 0.3) is 0 Å². The van der Waals surface area contributed by atoms with Gasteiger partial charge in [-0.15, -0.1) is 0 Å². The van der Waals surface area contributed by atoms with E-state index in [1.807, 2.05) is 30.0 Å². The van der Waals surface area contributed by atoms with Crippen molar-refractivity contribution in [1.29, 1.82) is 0 Å². The molecule has 9 heteroatoms. The van der Waals surface area contributed by atoms with Crippen LogP contribution in [0.5, 0.6) is 0 Å². The Hall–Kier alpha value is -2.68. The van der Waals surface area contributed by atoms with Crippen LogP contribution in [-0.4, -0.2) is 52.7 Å². The van der Waals surface area contributed by atoms with E-state index in [1.165, 1.54) is 17.8 Å². The summed E-state index contributed by atoms with van der Waals surface area (Å²) in [5.74, 6) is 0.267. The fourth-order valence-electron chi connectivity index (χ4n) is 3.48. The van der Waals surface area contributed by atoms with Crippen molar-refractivity contribution >= 4 is 34.4 Å². The van der Waals surface area contributed by atoms with Crippen LogP contribution >= 0.6 is 11.8 Å². The smallest absolute Gasteiger partial charge is 0.368 e. The third-order valence-corrected chi connectivity index (χ3v) is 5.98. The van der Waals surface area contributed by atoms with E-state index in [2.05, 4.69) is 9.97 Å². The van der Waals surface area contributed by atoms with Crippen molar-refractivity contribution in [3.8, 4) is 0 Å². The number of piperazine rings is 1. The molecular weight excluding hydrogens is 413 g/mol. The van der Waals surface area contributed by atoms with Crippen molar-refractivity contribution in [2.75, 3.05) is 36.8 Å². The maximum Gasteiger partial charge on any atom is 0.416 e. The first kappa shape index (κ1) is 20.6. The molecule has 0 aliphatic carbocycles. The maximum absolute atomic E-state index is 12.9. The number of H-pyrrole nitrogens is 1. The molecule has 0 unspecified atom stereocenters. The molecule has 0 spiro atoms. The van der Waals surface area contributed by atoms with Gasteiger partial charge in [0, 0.05) is 31.9 Å². The standard InChI is InChI=1S/C21H21F3N4OS/c1-14-5-6-17-18(11-14)26-20(25-17)30-13-19(29)28-9-7-27(8-10-28)16-4-2-3-15(12-16)21(22,23)24/h2-6,11-12H,7-10,13H2,1H3,(H,25,26). The predicted octanol–water partition coefficient (Wildman–Crippen LogP) is 4.33. The second-order valence-corrected chi connectivity index (χ2v) is 8.23. The topological polar surface area (TPSA) is 52.2 Å². The molecule has 0 radical (unpaired) electrons. The third-order valence-electron chi connectivity index (χ3n) is 5.12. The number of carbonyl (C=O) groups excluding carboxylic acids is 1. The van der Waals surface area contributed by atoms with Gasteiger partial charge in [-0.3, -0.25) is 4.79 Å². The van der Waals surface area contributed by atoms with Gasteiger partial charge < -0.3 is 14.8 Å². The number of rotatable bonds is 4. The molecule has 0 atom stereocenters. The summed E-state index contributed by atoms with van der Waals surface area (Å²) in [4.78, 5) is 23.9. The number of thioether (sulfide) groups is 1. The molecule has 5 nitrogen and oxygen atoms in total. The Balaban J connectivity index is 1.32. The highest BCUT2D eigenvalue weighted by atomic mass is 32.2. The van der Waals surface area contributed by atoms with Crippen LogP contribution in [0.1, 0.15) is 11.1 Å². The van der Waals surface area contributed by atoms with Crippen LogP contribution in [0.2, 0.25) is 0 Å². The molecule has 2 heterocycles. The number of aryl methyl sites for hydroxylation is 1. The quantitative estimate of drug-likeness (QED) is 0.621. The van der Waals surface area contributed by atoms with Crippen molar-refractivity contribution < 1.29 is 18.0 Å². The normalized spacial score (nSPS) is 15.1. The predicted molar refractivity (Wildman–Crippen MR) is 112 cm³/mol. The monoisotopic (exact) mass is 434 g/mol. The number of nitrogens with zero attached hydrogens (tertiary/aromatic N) is 3. The number of benzene rings is 2. The molecule has 158 valence electrons. The van der Waals surface area contributed by atoms with E-state index in [0.29, 0.717) is 37.0 Å². The summed E-state index contributed by atoms with van der Waals surface area (Å²) < 4.78 is 38.8. The van der Waals surface area contributed by atoms with Crippen LogP contribution in [0.4, 0.5) is 18.9 Å². The van der Waals surface area contributed by atoms with Crippen molar-refractivity contribution in [1.82, 2.24) is 14.9 Å². The summed E-state index contributed by atoms with van der Waals surface area (Å²) in [6, 6.07) is 11.3. The minimum absolute atomic E-state index is 0.000305. The van der Waals surface area contributed by atoms with Gasteiger partial charge in [0.1, 0.15) is 0 Å². The van der Waals surface area contributed by atoms with Crippen molar-refractivity contribution in [3.05, 3.63) is 53.6 Å².